The van der Waals surface area contributed by atoms with Crippen LogP contribution < -0.4 is 9.46 Å². The van der Waals surface area contributed by atoms with Crippen molar-refractivity contribution in [3.63, 3.8) is 0 Å². The largest absolute Gasteiger partial charge is 0.478 e. The molecule has 8 heteroatoms. The zero-order chi connectivity index (χ0) is 20.8. The van der Waals surface area contributed by atoms with E-state index in [1.165, 1.54) is 25.2 Å². The molecule has 0 aliphatic rings. The van der Waals surface area contributed by atoms with Gasteiger partial charge >= 0.3 is 5.97 Å². The van der Waals surface area contributed by atoms with E-state index in [-0.39, 0.29) is 34.1 Å². The third kappa shape index (κ3) is 6.90. The van der Waals surface area contributed by atoms with Gasteiger partial charge in [0.05, 0.1) is 16.6 Å². The van der Waals surface area contributed by atoms with E-state index in [0.29, 0.717) is 0 Å². The predicted octanol–water partition coefficient (Wildman–Crippen LogP) is 3.83. The summed E-state index contributed by atoms with van der Waals surface area (Å²) >= 11 is 0. The Labute approximate surface area is 160 Å². The van der Waals surface area contributed by atoms with Crippen LogP contribution in [-0.4, -0.2) is 30.6 Å². The average Bonchev–Trinajstić information content (AvgIpc) is 2.55. The molecular formula is C19H26N2O5S. The van der Waals surface area contributed by atoms with Gasteiger partial charge in [-0.25, -0.2) is 18.2 Å². The third-order valence-corrected chi connectivity index (χ3v) is 4.93. The number of anilines is 1. The molecule has 0 unspecified atom stereocenters. The van der Waals surface area contributed by atoms with Gasteiger partial charge < -0.3 is 9.84 Å². The Morgan fingerprint density at radius 3 is 2.48 bits per heavy atom. The molecule has 1 rings (SSSR count). The topological polar surface area (TPSA) is 106 Å². The number of aliphatic carboxylic acids is 1. The molecule has 0 bridgehead atoms. The molecule has 1 aromatic heterocycles. The second-order valence-corrected chi connectivity index (χ2v) is 8.37. The molecule has 0 radical (unpaired) electrons. The lowest BCUT2D eigenvalue weighted by atomic mass is 10.1. The molecule has 0 saturated heterocycles. The third-order valence-electron chi connectivity index (χ3n) is 3.46. The van der Waals surface area contributed by atoms with E-state index < -0.39 is 16.0 Å². The number of rotatable bonds is 9. The molecule has 148 valence electrons. The lowest BCUT2D eigenvalue weighted by Crippen LogP contribution is -2.16. The number of carboxylic acid groups (broad SMARTS) is 1. The Bertz CT molecular complexity index is 868. The number of nitrogens with one attached hydrogen (secondary N) is 1. The lowest BCUT2D eigenvalue weighted by Gasteiger charge is -2.17. The minimum atomic E-state index is -3.87. The summed E-state index contributed by atoms with van der Waals surface area (Å²) in [5.74, 6) is -0.818. The van der Waals surface area contributed by atoms with Gasteiger partial charge in [0.1, 0.15) is 5.69 Å². The maximum absolute atomic E-state index is 12.6. The van der Waals surface area contributed by atoms with Crippen molar-refractivity contribution in [2.45, 2.75) is 46.6 Å². The van der Waals surface area contributed by atoms with Crippen LogP contribution in [-0.2, 0) is 14.8 Å². The van der Waals surface area contributed by atoms with Gasteiger partial charge in [-0.05, 0) is 50.5 Å². The van der Waals surface area contributed by atoms with Gasteiger partial charge in [0.15, 0.2) is 0 Å². The number of carboxylic acids is 1. The summed E-state index contributed by atoms with van der Waals surface area (Å²) in [5.41, 5.74) is 0.968. The van der Waals surface area contributed by atoms with Crippen molar-refractivity contribution in [1.29, 1.82) is 0 Å². The van der Waals surface area contributed by atoms with Crippen LogP contribution in [0, 0.1) is 0 Å². The molecule has 0 amide bonds. The number of ether oxygens (including phenoxy) is 1. The van der Waals surface area contributed by atoms with Gasteiger partial charge in [-0.2, -0.15) is 0 Å². The van der Waals surface area contributed by atoms with E-state index in [0.717, 1.165) is 5.56 Å². The van der Waals surface area contributed by atoms with Crippen molar-refractivity contribution in [3.8, 4) is 5.88 Å². The Balaban J connectivity index is 3.17. The van der Waals surface area contributed by atoms with Crippen LogP contribution in [0.15, 0.2) is 47.5 Å². The Morgan fingerprint density at radius 1 is 1.33 bits per heavy atom. The first kappa shape index (κ1) is 22.4. The van der Waals surface area contributed by atoms with E-state index in [1.54, 1.807) is 12.3 Å². The van der Waals surface area contributed by atoms with Crippen molar-refractivity contribution in [2.24, 2.45) is 0 Å². The summed E-state index contributed by atoms with van der Waals surface area (Å²) in [7, 11) is -3.87. The summed E-state index contributed by atoms with van der Waals surface area (Å²) in [5, 5.41) is 8.75. The van der Waals surface area contributed by atoms with E-state index >= 15 is 0 Å². The van der Waals surface area contributed by atoms with Crippen LogP contribution in [0.3, 0.4) is 0 Å². The predicted molar refractivity (Wildman–Crippen MR) is 106 cm³/mol. The standard InChI is InChI=1S/C19H26N2O5S/c1-12(2)16-10-17(18(20-11-16)26-13(3)4)21-27(24,25)15(6)9-7-8-14(5)19(22)23/h7-13,21H,5H2,1-4,6H3,(H,22,23)/b8-7-,15-9+. The molecule has 0 fully saturated rings. The number of carbonyl (C=O) groups is 1. The second kappa shape index (κ2) is 9.36. The van der Waals surface area contributed by atoms with Crippen molar-refractivity contribution in [3.05, 3.63) is 53.1 Å². The monoisotopic (exact) mass is 394 g/mol. The van der Waals surface area contributed by atoms with Crippen LogP contribution >= 0.6 is 0 Å². The van der Waals surface area contributed by atoms with Gasteiger partial charge in [-0.15, -0.1) is 0 Å². The fourth-order valence-electron chi connectivity index (χ4n) is 1.86. The summed E-state index contributed by atoms with van der Waals surface area (Å²) < 4.78 is 33.3. The first-order valence-electron chi connectivity index (χ1n) is 8.40. The van der Waals surface area contributed by atoms with Crippen molar-refractivity contribution in [2.75, 3.05) is 4.72 Å². The number of hydrogen-bond acceptors (Lipinski definition) is 5. The molecule has 7 nitrogen and oxygen atoms in total. The molecule has 0 atom stereocenters. The van der Waals surface area contributed by atoms with Gasteiger partial charge in [0.25, 0.3) is 10.0 Å². The smallest absolute Gasteiger partial charge is 0.335 e. The number of sulfonamides is 1. The highest BCUT2D eigenvalue weighted by Gasteiger charge is 2.18. The highest BCUT2D eigenvalue weighted by molar-refractivity contribution is 7.96. The van der Waals surface area contributed by atoms with E-state index in [4.69, 9.17) is 9.84 Å². The molecule has 0 aromatic carbocycles. The second-order valence-electron chi connectivity index (χ2n) is 6.51. The van der Waals surface area contributed by atoms with E-state index in [2.05, 4.69) is 16.3 Å². The van der Waals surface area contributed by atoms with Crippen LogP contribution in [0.25, 0.3) is 0 Å². The highest BCUT2D eigenvalue weighted by atomic mass is 32.2. The lowest BCUT2D eigenvalue weighted by molar-refractivity contribution is -0.132. The van der Waals surface area contributed by atoms with E-state index in [9.17, 15) is 13.2 Å². The Kier molecular flexibility index (Phi) is 7.78. The van der Waals surface area contributed by atoms with Crippen molar-refractivity contribution >= 4 is 21.7 Å². The molecule has 27 heavy (non-hydrogen) atoms. The average molecular weight is 394 g/mol. The molecular weight excluding hydrogens is 368 g/mol. The van der Waals surface area contributed by atoms with Crippen LogP contribution in [0.2, 0.25) is 0 Å². The normalized spacial score (nSPS) is 12.6. The van der Waals surface area contributed by atoms with Gasteiger partial charge in [-0.3, -0.25) is 4.72 Å². The number of aromatic nitrogens is 1. The Morgan fingerprint density at radius 2 is 1.96 bits per heavy atom. The SMILES string of the molecule is C=C(/C=C\C=C(/C)S(=O)(=O)Nc1cc(C(C)C)cnc1OC(C)C)C(=O)O. The first-order chi connectivity index (χ1) is 12.4. The molecule has 2 N–H and O–H groups in total. The molecule has 0 aliphatic carbocycles. The van der Waals surface area contributed by atoms with E-state index in [1.807, 2.05) is 27.7 Å². The van der Waals surface area contributed by atoms with Crippen LogP contribution in [0.4, 0.5) is 5.69 Å². The summed E-state index contributed by atoms with van der Waals surface area (Å²) in [4.78, 5) is 14.9. The summed E-state index contributed by atoms with van der Waals surface area (Å²) in [6.45, 7) is 12.3. The summed E-state index contributed by atoms with van der Waals surface area (Å²) in [6, 6.07) is 1.70. The van der Waals surface area contributed by atoms with Gasteiger partial charge in [-0.1, -0.05) is 26.5 Å². The van der Waals surface area contributed by atoms with Crippen molar-refractivity contribution < 1.29 is 23.1 Å². The molecule has 1 aromatic rings. The molecule has 0 spiro atoms. The number of hydrogen-bond donors (Lipinski definition) is 2. The minimum absolute atomic E-state index is 0.00221. The fourth-order valence-corrected chi connectivity index (χ4v) is 2.71. The molecule has 0 saturated carbocycles. The fraction of sp³-hybridized carbons (Fsp3) is 0.368. The molecule has 0 aliphatic heterocycles. The maximum Gasteiger partial charge on any atom is 0.335 e. The van der Waals surface area contributed by atoms with Gasteiger partial charge in [0, 0.05) is 6.20 Å². The highest BCUT2D eigenvalue weighted by Crippen LogP contribution is 2.29. The van der Waals surface area contributed by atoms with Crippen molar-refractivity contribution in [1.82, 2.24) is 4.98 Å². The number of pyridine rings is 1. The van der Waals surface area contributed by atoms with Gasteiger partial charge in [0.2, 0.25) is 5.88 Å². The van der Waals surface area contributed by atoms with Crippen LogP contribution in [0.5, 0.6) is 5.88 Å². The number of allylic oxidation sites excluding steroid dienone is 3. The zero-order valence-corrected chi connectivity index (χ0v) is 17.0. The minimum Gasteiger partial charge on any atom is -0.478 e. The van der Waals surface area contributed by atoms with Crippen LogP contribution in [0.1, 0.15) is 46.1 Å². The Hall–Kier alpha value is -2.61. The first-order valence-corrected chi connectivity index (χ1v) is 9.89. The molecule has 1 heterocycles. The number of nitrogens with zero attached hydrogens (tertiary/aromatic N) is 1. The maximum atomic E-state index is 12.6. The zero-order valence-electron chi connectivity index (χ0n) is 16.2. The summed E-state index contributed by atoms with van der Waals surface area (Å²) in [6.07, 6.45) is 5.31. The quantitative estimate of drug-likeness (QED) is 0.487.